The normalized spacial score (nSPS) is 10.7. The van der Waals surface area contributed by atoms with Gasteiger partial charge in [0.1, 0.15) is 0 Å². The molecule has 0 amide bonds. The first kappa shape index (κ1) is 13.5. The summed E-state index contributed by atoms with van der Waals surface area (Å²) in [5.41, 5.74) is 0.954. The van der Waals surface area contributed by atoms with E-state index in [1.165, 1.54) is 17.0 Å². The number of aryl methyl sites for hydroxylation is 1. The van der Waals surface area contributed by atoms with Crippen LogP contribution in [-0.2, 0) is 6.42 Å². The molecule has 0 bridgehead atoms. The summed E-state index contributed by atoms with van der Waals surface area (Å²) >= 11 is 1.63. The van der Waals surface area contributed by atoms with Crippen LogP contribution >= 0.6 is 11.3 Å². The Bertz CT molecular complexity index is 774. The quantitative estimate of drug-likeness (QED) is 0.794. The van der Waals surface area contributed by atoms with Crippen molar-refractivity contribution in [2.75, 3.05) is 0 Å². The summed E-state index contributed by atoms with van der Waals surface area (Å²) in [7, 11) is 0. The van der Waals surface area contributed by atoms with Crippen molar-refractivity contribution >= 4 is 17.3 Å². The lowest BCUT2D eigenvalue weighted by molar-refractivity contribution is 0.0697. The van der Waals surface area contributed by atoms with Crippen LogP contribution in [0.2, 0.25) is 0 Å². The van der Waals surface area contributed by atoms with Gasteiger partial charge in [0.15, 0.2) is 0 Å². The molecule has 1 aromatic carbocycles. The van der Waals surface area contributed by atoms with Crippen molar-refractivity contribution in [1.82, 2.24) is 10.1 Å². The molecule has 0 aliphatic heterocycles. The molecule has 6 heteroatoms. The fourth-order valence-corrected chi connectivity index (χ4v) is 2.75. The van der Waals surface area contributed by atoms with Gasteiger partial charge in [-0.1, -0.05) is 24.2 Å². The average molecular weight is 300 g/mol. The average Bonchev–Trinajstić information content (AvgIpc) is 3.16. The molecule has 0 saturated carbocycles. The van der Waals surface area contributed by atoms with Gasteiger partial charge in [0.25, 0.3) is 5.89 Å². The summed E-state index contributed by atoms with van der Waals surface area (Å²) in [4.78, 5) is 17.4. The number of thiophene rings is 1. The van der Waals surface area contributed by atoms with Crippen LogP contribution in [0.5, 0.6) is 0 Å². The summed E-state index contributed by atoms with van der Waals surface area (Å²) in [6.07, 6.45) is 0.975. The Balaban J connectivity index is 1.88. The van der Waals surface area contributed by atoms with Crippen LogP contribution in [0.4, 0.5) is 0 Å². The number of hydrogen-bond donors (Lipinski definition) is 1. The SMILES string of the molecule is CCc1ccc(-c2nc(-c3ccc(C(=O)O)cc3)no2)s1. The zero-order chi connectivity index (χ0) is 14.8. The third kappa shape index (κ3) is 2.71. The van der Waals surface area contributed by atoms with E-state index in [4.69, 9.17) is 9.63 Å². The first-order valence-electron chi connectivity index (χ1n) is 6.44. The van der Waals surface area contributed by atoms with Crippen LogP contribution in [0.1, 0.15) is 22.2 Å². The molecule has 0 atom stereocenters. The first-order chi connectivity index (χ1) is 10.2. The Hall–Kier alpha value is -2.47. The maximum Gasteiger partial charge on any atom is 0.335 e. The maximum absolute atomic E-state index is 10.8. The fourth-order valence-electron chi connectivity index (χ4n) is 1.89. The number of carboxylic acids is 1. The third-order valence-corrected chi connectivity index (χ3v) is 4.25. The molecule has 0 aliphatic carbocycles. The second-order valence-corrected chi connectivity index (χ2v) is 5.59. The van der Waals surface area contributed by atoms with E-state index in [2.05, 4.69) is 17.1 Å². The summed E-state index contributed by atoms with van der Waals surface area (Å²) < 4.78 is 5.27. The van der Waals surface area contributed by atoms with E-state index in [1.807, 2.05) is 12.1 Å². The number of aromatic carboxylic acids is 1. The first-order valence-corrected chi connectivity index (χ1v) is 7.25. The minimum atomic E-state index is -0.957. The highest BCUT2D eigenvalue weighted by molar-refractivity contribution is 7.15. The Morgan fingerprint density at radius 3 is 2.62 bits per heavy atom. The third-order valence-electron chi connectivity index (χ3n) is 3.04. The van der Waals surface area contributed by atoms with Gasteiger partial charge in [-0.25, -0.2) is 4.79 Å². The lowest BCUT2D eigenvalue weighted by atomic mass is 10.1. The molecule has 0 saturated heterocycles. The Labute approximate surface area is 124 Å². The van der Waals surface area contributed by atoms with Crippen molar-refractivity contribution < 1.29 is 14.4 Å². The van der Waals surface area contributed by atoms with Gasteiger partial charge in [0, 0.05) is 10.4 Å². The van der Waals surface area contributed by atoms with Gasteiger partial charge >= 0.3 is 5.97 Å². The van der Waals surface area contributed by atoms with Gasteiger partial charge in [-0.3, -0.25) is 0 Å². The standard InChI is InChI=1S/C15H12N2O3S/c1-2-11-7-8-12(21-11)14-16-13(17-20-14)9-3-5-10(6-4-9)15(18)19/h3-8H,2H2,1H3,(H,18,19). The summed E-state index contributed by atoms with van der Waals surface area (Å²) in [6, 6.07) is 10.4. The molecule has 0 radical (unpaired) electrons. The minimum absolute atomic E-state index is 0.230. The number of benzene rings is 1. The lowest BCUT2D eigenvalue weighted by Crippen LogP contribution is -1.95. The molecule has 3 rings (SSSR count). The number of carbonyl (C=O) groups is 1. The van der Waals surface area contributed by atoms with Crippen LogP contribution in [0.3, 0.4) is 0 Å². The van der Waals surface area contributed by atoms with Crippen molar-refractivity contribution in [2.24, 2.45) is 0 Å². The second-order valence-electron chi connectivity index (χ2n) is 4.43. The smallest absolute Gasteiger partial charge is 0.335 e. The molecule has 1 N–H and O–H groups in total. The van der Waals surface area contributed by atoms with Crippen LogP contribution in [0.25, 0.3) is 22.2 Å². The van der Waals surface area contributed by atoms with E-state index in [9.17, 15) is 4.79 Å². The van der Waals surface area contributed by atoms with Gasteiger partial charge < -0.3 is 9.63 Å². The number of hydrogen-bond acceptors (Lipinski definition) is 5. The Morgan fingerprint density at radius 2 is 2.00 bits per heavy atom. The van der Waals surface area contributed by atoms with E-state index in [0.717, 1.165) is 16.9 Å². The van der Waals surface area contributed by atoms with Crippen LogP contribution in [-0.4, -0.2) is 21.2 Å². The van der Waals surface area contributed by atoms with Crippen molar-refractivity contribution in [1.29, 1.82) is 0 Å². The molecular weight excluding hydrogens is 288 g/mol. The Kier molecular flexibility index (Phi) is 3.53. The summed E-state index contributed by atoms with van der Waals surface area (Å²) in [5, 5.41) is 12.8. The summed E-state index contributed by atoms with van der Waals surface area (Å²) in [5.74, 6) is -0.0218. The minimum Gasteiger partial charge on any atom is -0.478 e. The van der Waals surface area contributed by atoms with E-state index in [0.29, 0.717) is 11.7 Å². The predicted molar refractivity (Wildman–Crippen MR) is 79.4 cm³/mol. The zero-order valence-electron chi connectivity index (χ0n) is 11.2. The lowest BCUT2D eigenvalue weighted by Gasteiger charge is -1.95. The number of carboxylic acid groups (broad SMARTS) is 1. The van der Waals surface area contributed by atoms with Crippen molar-refractivity contribution in [3.05, 3.63) is 46.8 Å². The van der Waals surface area contributed by atoms with Crippen molar-refractivity contribution in [2.45, 2.75) is 13.3 Å². The Morgan fingerprint density at radius 1 is 1.24 bits per heavy atom. The highest BCUT2D eigenvalue weighted by atomic mass is 32.1. The molecule has 3 aromatic rings. The molecule has 2 aromatic heterocycles. The summed E-state index contributed by atoms with van der Waals surface area (Å²) in [6.45, 7) is 2.10. The highest BCUT2D eigenvalue weighted by Crippen LogP contribution is 2.28. The van der Waals surface area contributed by atoms with Gasteiger partial charge in [-0.2, -0.15) is 4.98 Å². The topological polar surface area (TPSA) is 76.2 Å². The van der Waals surface area contributed by atoms with Crippen molar-refractivity contribution in [3.63, 3.8) is 0 Å². The molecule has 0 unspecified atom stereocenters. The van der Waals surface area contributed by atoms with E-state index < -0.39 is 5.97 Å². The molecule has 2 heterocycles. The zero-order valence-corrected chi connectivity index (χ0v) is 12.1. The van der Waals surface area contributed by atoms with Crippen LogP contribution in [0, 0.1) is 0 Å². The van der Waals surface area contributed by atoms with Crippen molar-refractivity contribution in [3.8, 4) is 22.2 Å². The van der Waals surface area contributed by atoms with Gasteiger partial charge in [0.05, 0.1) is 10.4 Å². The second kappa shape index (κ2) is 5.49. The van der Waals surface area contributed by atoms with Gasteiger partial charge in [0.2, 0.25) is 5.82 Å². The number of rotatable bonds is 4. The molecule has 0 spiro atoms. The fraction of sp³-hybridized carbons (Fsp3) is 0.133. The monoisotopic (exact) mass is 300 g/mol. The van der Waals surface area contributed by atoms with Crippen LogP contribution in [0.15, 0.2) is 40.9 Å². The number of aromatic nitrogens is 2. The molecule has 5 nitrogen and oxygen atoms in total. The highest BCUT2D eigenvalue weighted by Gasteiger charge is 2.13. The predicted octanol–water partition coefficient (Wildman–Crippen LogP) is 3.73. The molecule has 21 heavy (non-hydrogen) atoms. The molecule has 0 fully saturated rings. The van der Waals surface area contributed by atoms with E-state index in [1.54, 1.807) is 23.5 Å². The molecule has 0 aliphatic rings. The van der Waals surface area contributed by atoms with E-state index in [-0.39, 0.29) is 5.56 Å². The number of nitrogens with zero attached hydrogens (tertiary/aromatic N) is 2. The largest absolute Gasteiger partial charge is 0.478 e. The van der Waals surface area contributed by atoms with E-state index >= 15 is 0 Å². The maximum atomic E-state index is 10.8. The van der Waals surface area contributed by atoms with Gasteiger partial charge in [-0.15, -0.1) is 11.3 Å². The van der Waals surface area contributed by atoms with Gasteiger partial charge in [-0.05, 0) is 30.7 Å². The molecule has 106 valence electrons. The molecular formula is C15H12N2O3S. The van der Waals surface area contributed by atoms with Crippen LogP contribution < -0.4 is 0 Å².